The molecule has 5 heteroatoms. The average Bonchev–Trinajstić information content (AvgIpc) is 2.87. The molecule has 1 aliphatic heterocycles. The molecule has 1 aliphatic carbocycles. The zero-order valence-electron chi connectivity index (χ0n) is 10.5. The minimum atomic E-state index is -0.798. The molecular weight excluding hydrogens is 220 g/mol. The number of carbonyl (C=O) groups is 2. The van der Waals surface area contributed by atoms with E-state index in [2.05, 4.69) is 13.8 Å². The summed E-state index contributed by atoms with van der Waals surface area (Å²) in [5.41, 5.74) is 0.176. The zero-order valence-corrected chi connectivity index (χ0v) is 10.5. The van der Waals surface area contributed by atoms with E-state index in [0.29, 0.717) is 26.2 Å². The molecule has 1 amide bonds. The Labute approximate surface area is 101 Å². The van der Waals surface area contributed by atoms with E-state index in [1.165, 1.54) is 0 Å². The van der Waals surface area contributed by atoms with Crippen LogP contribution in [-0.2, 0) is 9.59 Å². The van der Waals surface area contributed by atoms with Crippen LogP contribution < -0.4 is 0 Å². The first kappa shape index (κ1) is 12.4. The second-order valence-electron chi connectivity index (χ2n) is 5.74. The van der Waals surface area contributed by atoms with Crippen molar-refractivity contribution < 1.29 is 14.7 Å². The monoisotopic (exact) mass is 240 g/mol. The average molecular weight is 240 g/mol. The summed E-state index contributed by atoms with van der Waals surface area (Å²) in [6.45, 7) is 7.00. The van der Waals surface area contributed by atoms with E-state index in [1.54, 1.807) is 0 Å². The van der Waals surface area contributed by atoms with Crippen LogP contribution in [0.1, 0.15) is 20.3 Å². The number of amides is 1. The number of nitrogens with zero attached hydrogens (tertiary/aromatic N) is 2. The number of aliphatic carboxylic acids is 1. The van der Waals surface area contributed by atoms with Crippen LogP contribution in [0, 0.1) is 11.3 Å². The maximum atomic E-state index is 12.1. The van der Waals surface area contributed by atoms with Gasteiger partial charge in [0.2, 0.25) is 5.91 Å². The van der Waals surface area contributed by atoms with Crippen molar-refractivity contribution >= 4 is 11.9 Å². The largest absolute Gasteiger partial charge is 0.480 e. The maximum absolute atomic E-state index is 12.1. The van der Waals surface area contributed by atoms with Gasteiger partial charge in [-0.1, -0.05) is 13.8 Å². The summed E-state index contributed by atoms with van der Waals surface area (Å²) in [6, 6.07) is 0. The summed E-state index contributed by atoms with van der Waals surface area (Å²) in [4.78, 5) is 26.4. The Morgan fingerprint density at radius 1 is 1.24 bits per heavy atom. The quantitative estimate of drug-likeness (QED) is 0.769. The van der Waals surface area contributed by atoms with Crippen LogP contribution in [0.25, 0.3) is 0 Å². The van der Waals surface area contributed by atoms with Gasteiger partial charge in [0.1, 0.15) is 0 Å². The van der Waals surface area contributed by atoms with Crippen LogP contribution in [0.5, 0.6) is 0 Å². The lowest BCUT2D eigenvalue weighted by molar-refractivity contribution is -0.139. The van der Waals surface area contributed by atoms with Crippen molar-refractivity contribution in [3.63, 3.8) is 0 Å². The van der Waals surface area contributed by atoms with E-state index in [4.69, 9.17) is 5.11 Å². The van der Waals surface area contributed by atoms with Crippen LogP contribution >= 0.6 is 0 Å². The van der Waals surface area contributed by atoms with E-state index in [1.807, 2.05) is 9.80 Å². The van der Waals surface area contributed by atoms with Gasteiger partial charge in [0.05, 0.1) is 6.54 Å². The van der Waals surface area contributed by atoms with E-state index < -0.39 is 5.97 Å². The van der Waals surface area contributed by atoms with Crippen LogP contribution in [0.15, 0.2) is 0 Å². The molecule has 17 heavy (non-hydrogen) atoms. The van der Waals surface area contributed by atoms with Crippen molar-refractivity contribution in [1.82, 2.24) is 9.80 Å². The molecular formula is C12H20N2O3. The normalized spacial score (nSPS) is 27.9. The van der Waals surface area contributed by atoms with E-state index in [0.717, 1.165) is 6.42 Å². The summed E-state index contributed by atoms with van der Waals surface area (Å²) in [7, 11) is 0. The molecule has 0 radical (unpaired) electrons. The summed E-state index contributed by atoms with van der Waals surface area (Å²) >= 11 is 0. The van der Waals surface area contributed by atoms with Gasteiger partial charge in [0, 0.05) is 32.1 Å². The van der Waals surface area contributed by atoms with Gasteiger partial charge < -0.3 is 10.0 Å². The van der Waals surface area contributed by atoms with Gasteiger partial charge in [-0.25, -0.2) is 0 Å². The van der Waals surface area contributed by atoms with Crippen molar-refractivity contribution in [2.45, 2.75) is 20.3 Å². The van der Waals surface area contributed by atoms with Crippen LogP contribution in [0.3, 0.4) is 0 Å². The van der Waals surface area contributed by atoms with Crippen LogP contribution in [0.4, 0.5) is 0 Å². The molecule has 0 aromatic carbocycles. The van der Waals surface area contributed by atoms with Gasteiger partial charge in [0.15, 0.2) is 0 Å². The molecule has 1 heterocycles. The highest BCUT2D eigenvalue weighted by atomic mass is 16.4. The van der Waals surface area contributed by atoms with Crippen LogP contribution in [0.2, 0.25) is 0 Å². The Kier molecular flexibility index (Phi) is 3.12. The minimum Gasteiger partial charge on any atom is -0.480 e. The molecule has 0 bridgehead atoms. The molecule has 1 atom stereocenters. The topological polar surface area (TPSA) is 60.9 Å². The molecule has 0 aromatic heterocycles. The van der Waals surface area contributed by atoms with Gasteiger partial charge in [0.25, 0.3) is 0 Å². The number of hydrogen-bond acceptors (Lipinski definition) is 3. The molecule has 1 saturated carbocycles. The Balaban J connectivity index is 1.79. The zero-order chi connectivity index (χ0) is 12.6. The summed E-state index contributed by atoms with van der Waals surface area (Å²) in [6.07, 6.45) is 0.987. The van der Waals surface area contributed by atoms with Gasteiger partial charge in [-0.2, -0.15) is 0 Å². The smallest absolute Gasteiger partial charge is 0.317 e. The van der Waals surface area contributed by atoms with Crippen molar-refractivity contribution in [2.75, 3.05) is 32.7 Å². The Hall–Kier alpha value is -1.10. The molecule has 2 rings (SSSR count). The number of carbonyl (C=O) groups excluding carboxylic acids is 1. The molecule has 5 nitrogen and oxygen atoms in total. The number of hydrogen-bond donors (Lipinski definition) is 1. The molecule has 0 aromatic rings. The molecule has 1 N–H and O–H groups in total. The summed E-state index contributed by atoms with van der Waals surface area (Å²) < 4.78 is 0. The Morgan fingerprint density at radius 2 is 1.76 bits per heavy atom. The number of piperazine rings is 1. The lowest BCUT2D eigenvalue weighted by Crippen LogP contribution is -2.50. The fourth-order valence-corrected chi connectivity index (χ4v) is 2.43. The van der Waals surface area contributed by atoms with Crippen molar-refractivity contribution in [3.05, 3.63) is 0 Å². The lowest BCUT2D eigenvalue weighted by atomic mass is 10.1. The fourth-order valence-electron chi connectivity index (χ4n) is 2.43. The third kappa shape index (κ3) is 2.77. The predicted octanol–water partition coefficient (Wildman–Crippen LogP) is 0.261. The van der Waals surface area contributed by atoms with Crippen molar-refractivity contribution in [1.29, 1.82) is 0 Å². The molecule has 0 spiro atoms. The molecule has 1 unspecified atom stereocenters. The van der Waals surface area contributed by atoms with Crippen molar-refractivity contribution in [3.8, 4) is 0 Å². The first-order valence-electron chi connectivity index (χ1n) is 6.13. The standard InChI is InChI=1S/C12H20N2O3/c1-12(2)7-9(12)11(17)14-5-3-13(4-6-14)8-10(15)16/h9H,3-8H2,1-2H3,(H,15,16). The summed E-state index contributed by atoms with van der Waals surface area (Å²) in [5.74, 6) is -0.355. The van der Waals surface area contributed by atoms with E-state index in [9.17, 15) is 9.59 Å². The third-order valence-electron chi connectivity index (χ3n) is 3.85. The third-order valence-corrected chi connectivity index (χ3v) is 3.85. The fraction of sp³-hybridized carbons (Fsp3) is 0.833. The molecule has 96 valence electrons. The lowest BCUT2D eigenvalue weighted by Gasteiger charge is -2.34. The van der Waals surface area contributed by atoms with Crippen molar-refractivity contribution in [2.24, 2.45) is 11.3 Å². The second kappa shape index (κ2) is 4.29. The van der Waals surface area contributed by atoms with Gasteiger partial charge >= 0.3 is 5.97 Å². The first-order valence-corrected chi connectivity index (χ1v) is 6.13. The summed E-state index contributed by atoms with van der Waals surface area (Å²) in [5, 5.41) is 8.69. The highest BCUT2D eigenvalue weighted by Gasteiger charge is 2.52. The number of rotatable bonds is 3. The van der Waals surface area contributed by atoms with Gasteiger partial charge in [-0.15, -0.1) is 0 Å². The SMILES string of the molecule is CC1(C)CC1C(=O)N1CCN(CC(=O)O)CC1. The highest BCUT2D eigenvalue weighted by molar-refractivity contribution is 5.82. The highest BCUT2D eigenvalue weighted by Crippen LogP contribution is 2.52. The van der Waals surface area contributed by atoms with E-state index in [-0.39, 0.29) is 23.8 Å². The molecule has 1 saturated heterocycles. The molecule has 2 aliphatic rings. The number of carboxylic acid groups (broad SMARTS) is 1. The van der Waals surface area contributed by atoms with Crippen LogP contribution in [-0.4, -0.2) is 59.5 Å². The maximum Gasteiger partial charge on any atom is 0.317 e. The first-order chi connectivity index (χ1) is 7.90. The Morgan fingerprint density at radius 3 is 2.18 bits per heavy atom. The molecule has 2 fully saturated rings. The van der Waals surface area contributed by atoms with E-state index >= 15 is 0 Å². The van der Waals surface area contributed by atoms with Gasteiger partial charge in [-0.05, 0) is 11.8 Å². The van der Waals surface area contributed by atoms with Gasteiger partial charge in [-0.3, -0.25) is 14.5 Å². The predicted molar refractivity (Wildman–Crippen MR) is 62.5 cm³/mol. The second-order valence-corrected chi connectivity index (χ2v) is 5.74. The number of carboxylic acids is 1. The Bertz CT molecular complexity index is 333. The minimum absolute atomic E-state index is 0.0803.